The second-order valence-electron chi connectivity index (χ2n) is 5.37. The third kappa shape index (κ3) is 3.32. The molecular weight excluding hydrogens is 250 g/mol. The van der Waals surface area contributed by atoms with Crippen molar-refractivity contribution in [1.82, 2.24) is 9.78 Å². The highest BCUT2D eigenvalue weighted by molar-refractivity contribution is 7.91. The minimum atomic E-state index is -2.79. The fraction of sp³-hybridized carbons (Fsp3) is 0.750. The fourth-order valence-electron chi connectivity index (χ4n) is 2.69. The maximum Gasteiger partial charge on any atom is 0.150 e. The van der Waals surface area contributed by atoms with Crippen LogP contribution >= 0.6 is 0 Å². The van der Waals surface area contributed by atoms with E-state index >= 15 is 0 Å². The Labute approximate surface area is 108 Å². The largest absolute Gasteiger partial charge is 0.327 e. The van der Waals surface area contributed by atoms with Crippen LogP contribution in [-0.2, 0) is 23.3 Å². The Bertz CT molecular complexity index is 521. The Kier molecular flexibility index (Phi) is 3.77. The molecule has 0 spiro atoms. The molecule has 0 aliphatic carbocycles. The first-order chi connectivity index (χ1) is 8.35. The number of hydrogen-bond acceptors (Lipinski definition) is 4. The molecule has 1 aliphatic heterocycles. The summed E-state index contributed by atoms with van der Waals surface area (Å²) < 4.78 is 24.6. The van der Waals surface area contributed by atoms with Gasteiger partial charge < -0.3 is 5.73 Å². The molecular formula is C12H21N3O2S. The number of aromatic nitrogens is 2. The molecule has 0 amide bonds. The van der Waals surface area contributed by atoms with Crippen LogP contribution in [0.15, 0.2) is 6.07 Å². The van der Waals surface area contributed by atoms with E-state index in [9.17, 15) is 8.42 Å². The maximum absolute atomic E-state index is 11.4. The lowest BCUT2D eigenvalue weighted by molar-refractivity contribution is 0.461. The molecule has 18 heavy (non-hydrogen) atoms. The van der Waals surface area contributed by atoms with Crippen molar-refractivity contribution in [3.8, 4) is 0 Å². The second kappa shape index (κ2) is 5.01. The summed E-state index contributed by atoms with van der Waals surface area (Å²) >= 11 is 0. The lowest BCUT2D eigenvalue weighted by atomic mass is 9.97. The van der Waals surface area contributed by atoms with E-state index in [1.54, 1.807) is 0 Å². The van der Waals surface area contributed by atoms with E-state index in [1.165, 1.54) is 0 Å². The summed E-state index contributed by atoms with van der Waals surface area (Å²) in [5.74, 6) is 0.875. The van der Waals surface area contributed by atoms with Gasteiger partial charge in [0.1, 0.15) is 0 Å². The van der Waals surface area contributed by atoms with Crippen LogP contribution < -0.4 is 5.73 Å². The van der Waals surface area contributed by atoms with E-state index < -0.39 is 9.84 Å². The molecule has 0 bridgehead atoms. The molecule has 2 unspecified atom stereocenters. The van der Waals surface area contributed by atoms with E-state index in [0.717, 1.165) is 30.7 Å². The molecule has 2 heterocycles. The van der Waals surface area contributed by atoms with Gasteiger partial charge in [0.25, 0.3) is 0 Å². The standard InChI is InChI=1S/C12H21N3O2S/c1-9-5-12(15(2)14-9)7-11(13)6-10-3-4-18(16,17)8-10/h5,10-11H,3-4,6-8,13H2,1-2H3. The third-order valence-electron chi connectivity index (χ3n) is 3.53. The summed E-state index contributed by atoms with van der Waals surface area (Å²) in [5.41, 5.74) is 8.22. The monoisotopic (exact) mass is 271 g/mol. The average Bonchev–Trinajstić information content (AvgIpc) is 2.70. The van der Waals surface area contributed by atoms with Gasteiger partial charge in [0.15, 0.2) is 9.84 Å². The molecule has 1 fully saturated rings. The highest BCUT2D eigenvalue weighted by Gasteiger charge is 2.29. The first-order valence-electron chi connectivity index (χ1n) is 6.31. The van der Waals surface area contributed by atoms with Crippen LogP contribution in [0.4, 0.5) is 0 Å². The fourth-order valence-corrected chi connectivity index (χ4v) is 4.57. The molecule has 0 aromatic carbocycles. The average molecular weight is 271 g/mol. The summed E-state index contributed by atoms with van der Waals surface area (Å²) in [5, 5.41) is 4.28. The number of hydrogen-bond donors (Lipinski definition) is 1. The topological polar surface area (TPSA) is 78.0 Å². The van der Waals surface area contributed by atoms with Crippen LogP contribution in [0.2, 0.25) is 0 Å². The number of sulfone groups is 1. The van der Waals surface area contributed by atoms with Gasteiger partial charge in [-0.3, -0.25) is 4.68 Å². The van der Waals surface area contributed by atoms with Crippen molar-refractivity contribution in [2.45, 2.75) is 32.2 Å². The smallest absolute Gasteiger partial charge is 0.150 e. The van der Waals surface area contributed by atoms with Crippen molar-refractivity contribution < 1.29 is 8.42 Å². The molecule has 2 rings (SSSR count). The van der Waals surface area contributed by atoms with Crippen molar-refractivity contribution in [2.75, 3.05) is 11.5 Å². The zero-order chi connectivity index (χ0) is 13.3. The second-order valence-corrected chi connectivity index (χ2v) is 7.60. The lowest BCUT2D eigenvalue weighted by Gasteiger charge is -2.15. The van der Waals surface area contributed by atoms with E-state index in [0.29, 0.717) is 11.5 Å². The third-order valence-corrected chi connectivity index (χ3v) is 5.37. The molecule has 1 aliphatic rings. The zero-order valence-electron chi connectivity index (χ0n) is 11.0. The Morgan fingerprint density at radius 2 is 2.33 bits per heavy atom. The summed E-state index contributed by atoms with van der Waals surface area (Å²) in [6.45, 7) is 1.96. The van der Waals surface area contributed by atoms with Crippen molar-refractivity contribution in [3.05, 3.63) is 17.5 Å². The summed E-state index contributed by atoms with van der Waals surface area (Å²) in [4.78, 5) is 0. The van der Waals surface area contributed by atoms with Crippen LogP contribution in [0.5, 0.6) is 0 Å². The van der Waals surface area contributed by atoms with Crippen LogP contribution in [0.25, 0.3) is 0 Å². The molecule has 1 saturated heterocycles. The molecule has 2 atom stereocenters. The highest BCUT2D eigenvalue weighted by Crippen LogP contribution is 2.23. The quantitative estimate of drug-likeness (QED) is 0.861. The molecule has 6 heteroatoms. The minimum Gasteiger partial charge on any atom is -0.327 e. The van der Waals surface area contributed by atoms with Crippen LogP contribution in [0.1, 0.15) is 24.2 Å². The van der Waals surface area contributed by atoms with Gasteiger partial charge in [0, 0.05) is 25.2 Å². The minimum absolute atomic E-state index is 0.0121. The Morgan fingerprint density at radius 3 is 2.83 bits per heavy atom. The van der Waals surface area contributed by atoms with E-state index in [4.69, 9.17) is 5.73 Å². The van der Waals surface area contributed by atoms with Crippen molar-refractivity contribution in [2.24, 2.45) is 18.7 Å². The predicted molar refractivity (Wildman–Crippen MR) is 71.0 cm³/mol. The van der Waals surface area contributed by atoms with Gasteiger partial charge in [0.2, 0.25) is 0 Å². The lowest BCUT2D eigenvalue weighted by Crippen LogP contribution is -2.27. The molecule has 1 aromatic heterocycles. The van der Waals surface area contributed by atoms with Gasteiger partial charge in [-0.05, 0) is 31.7 Å². The number of rotatable bonds is 4. The van der Waals surface area contributed by atoms with E-state index in [1.807, 2.05) is 24.7 Å². The maximum atomic E-state index is 11.4. The van der Waals surface area contributed by atoms with Crippen molar-refractivity contribution >= 4 is 9.84 Å². The first kappa shape index (κ1) is 13.5. The number of nitrogens with two attached hydrogens (primary N) is 1. The highest BCUT2D eigenvalue weighted by atomic mass is 32.2. The number of nitrogens with zero attached hydrogens (tertiary/aromatic N) is 2. The van der Waals surface area contributed by atoms with E-state index in [-0.39, 0.29) is 12.0 Å². The SMILES string of the molecule is Cc1cc(CC(N)CC2CCS(=O)(=O)C2)n(C)n1. The Balaban J connectivity index is 1.90. The molecule has 102 valence electrons. The van der Waals surface area contributed by atoms with Crippen molar-refractivity contribution in [3.63, 3.8) is 0 Å². The summed E-state index contributed by atoms with van der Waals surface area (Å²) in [6.07, 6.45) is 2.30. The predicted octanol–water partition coefficient (Wildman–Crippen LogP) is 0.423. The van der Waals surface area contributed by atoms with E-state index in [2.05, 4.69) is 5.10 Å². The number of aryl methyl sites for hydroxylation is 2. The molecule has 1 aromatic rings. The first-order valence-corrected chi connectivity index (χ1v) is 8.13. The van der Waals surface area contributed by atoms with Gasteiger partial charge in [-0.1, -0.05) is 0 Å². The zero-order valence-corrected chi connectivity index (χ0v) is 11.8. The van der Waals surface area contributed by atoms with Gasteiger partial charge in [-0.15, -0.1) is 0 Å². The van der Waals surface area contributed by atoms with Crippen molar-refractivity contribution in [1.29, 1.82) is 0 Å². The molecule has 0 saturated carbocycles. The van der Waals surface area contributed by atoms with Gasteiger partial charge in [0.05, 0.1) is 17.2 Å². The Hall–Kier alpha value is -0.880. The van der Waals surface area contributed by atoms with Crippen LogP contribution in [-0.4, -0.2) is 35.7 Å². The van der Waals surface area contributed by atoms with Gasteiger partial charge >= 0.3 is 0 Å². The van der Waals surface area contributed by atoms with Crippen LogP contribution in [0, 0.1) is 12.8 Å². The Morgan fingerprint density at radius 1 is 1.61 bits per heavy atom. The van der Waals surface area contributed by atoms with Gasteiger partial charge in [-0.2, -0.15) is 5.10 Å². The normalized spacial score (nSPS) is 24.3. The molecule has 0 radical (unpaired) electrons. The summed E-state index contributed by atoms with van der Waals surface area (Å²) in [7, 11) is -0.879. The van der Waals surface area contributed by atoms with Gasteiger partial charge in [-0.25, -0.2) is 8.42 Å². The molecule has 5 nitrogen and oxygen atoms in total. The van der Waals surface area contributed by atoms with Crippen LogP contribution in [0.3, 0.4) is 0 Å². The summed E-state index contributed by atoms with van der Waals surface area (Å²) in [6, 6.07) is 2.05. The molecule has 2 N–H and O–H groups in total.